The molecule has 0 aliphatic rings. The zero-order chi connectivity index (χ0) is 13.7. The van der Waals surface area contributed by atoms with Crippen molar-refractivity contribution in [1.82, 2.24) is 0 Å². The Morgan fingerprint density at radius 3 is 2.29 bits per heavy atom. The second kappa shape index (κ2) is 6.77. The fraction of sp³-hybridized carbons (Fsp3) is 1.00. The summed E-state index contributed by atoms with van der Waals surface area (Å²) >= 11 is 0. The van der Waals surface area contributed by atoms with Crippen molar-refractivity contribution in [1.29, 1.82) is 0 Å². The molecule has 0 aromatic carbocycles. The maximum atomic E-state index is 11.2. The van der Waals surface area contributed by atoms with Gasteiger partial charge in [0.05, 0.1) is 34.4 Å². The Labute approximate surface area is 100 Å². The zero-order valence-electron chi connectivity index (χ0n) is 10.1. The molecule has 2 unspecified atom stereocenters. The molecule has 0 saturated carbocycles. The largest absolute Gasteiger partial charge is 0.756 e. The van der Waals surface area contributed by atoms with E-state index in [4.69, 9.17) is 10.2 Å². The van der Waals surface area contributed by atoms with E-state index in [0.29, 0.717) is 4.48 Å². The van der Waals surface area contributed by atoms with Crippen LogP contribution in [0.25, 0.3) is 0 Å². The van der Waals surface area contributed by atoms with Crippen molar-refractivity contribution in [3.63, 3.8) is 0 Å². The van der Waals surface area contributed by atoms with Gasteiger partial charge in [-0.1, -0.05) is 0 Å². The quantitative estimate of drug-likeness (QED) is 0.262. The summed E-state index contributed by atoms with van der Waals surface area (Å²) in [5.74, 6) is 0. The average Bonchev–Trinajstić information content (AvgIpc) is 2.10. The summed E-state index contributed by atoms with van der Waals surface area (Å²) in [7, 11) is 0.563. The van der Waals surface area contributed by atoms with Gasteiger partial charge >= 0.3 is 0 Å². The van der Waals surface area contributed by atoms with E-state index in [1.165, 1.54) is 0 Å². The number of rotatable bonds is 8. The number of phosphoric ester groups is 1. The molecular formula is C8H20NO7P. The topological polar surface area (TPSA) is 119 Å². The van der Waals surface area contributed by atoms with E-state index in [1.54, 1.807) is 21.1 Å². The minimum atomic E-state index is -4.68. The van der Waals surface area contributed by atoms with Crippen LogP contribution in [0.2, 0.25) is 0 Å². The molecule has 0 aliphatic heterocycles. The van der Waals surface area contributed by atoms with Crippen LogP contribution in [-0.4, -0.2) is 73.1 Å². The highest BCUT2D eigenvalue weighted by Crippen LogP contribution is 2.39. The second-order valence-electron chi connectivity index (χ2n) is 4.61. The van der Waals surface area contributed by atoms with Crippen molar-refractivity contribution in [2.24, 2.45) is 0 Å². The van der Waals surface area contributed by atoms with Crippen LogP contribution < -0.4 is 4.89 Å². The molecule has 0 heterocycles. The van der Waals surface area contributed by atoms with Gasteiger partial charge in [0.15, 0.2) is 0 Å². The average molecular weight is 273 g/mol. The Kier molecular flexibility index (Phi) is 6.75. The van der Waals surface area contributed by atoms with Gasteiger partial charge in [-0.05, 0) is 0 Å². The molecule has 0 radical (unpaired) electrons. The van der Waals surface area contributed by atoms with Crippen LogP contribution >= 0.6 is 7.82 Å². The minimum absolute atomic E-state index is 0.0537. The van der Waals surface area contributed by atoms with Crippen LogP contribution in [0.3, 0.4) is 0 Å². The summed E-state index contributed by atoms with van der Waals surface area (Å²) in [5.41, 5.74) is 0. The minimum Gasteiger partial charge on any atom is -0.756 e. The summed E-state index contributed by atoms with van der Waals surface area (Å²) in [6.07, 6.45) is -2.83. The van der Waals surface area contributed by atoms with Gasteiger partial charge in [0.2, 0.25) is 6.29 Å². The molecule has 0 saturated heterocycles. The Hall–Kier alpha value is -0.0500. The first kappa shape index (κ1) is 16.9. The Morgan fingerprint density at radius 2 is 1.88 bits per heavy atom. The van der Waals surface area contributed by atoms with E-state index in [2.05, 4.69) is 9.05 Å². The lowest BCUT2D eigenvalue weighted by molar-refractivity contribution is -0.876. The van der Waals surface area contributed by atoms with Gasteiger partial charge in [-0.2, -0.15) is 0 Å². The highest BCUT2D eigenvalue weighted by atomic mass is 31.2. The summed E-state index contributed by atoms with van der Waals surface area (Å²) < 4.78 is 20.1. The molecule has 3 atom stereocenters. The van der Waals surface area contributed by atoms with Crippen molar-refractivity contribution >= 4 is 7.82 Å². The smallest absolute Gasteiger partial charge is 0.270 e. The fourth-order valence-corrected chi connectivity index (χ4v) is 1.69. The first-order valence-corrected chi connectivity index (χ1v) is 6.43. The number of hydrogen-bond acceptors (Lipinski definition) is 7. The van der Waals surface area contributed by atoms with Crippen LogP contribution in [0, 0.1) is 0 Å². The molecule has 0 aromatic heterocycles. The summed E-state index contributed by atoms with van der Waals surface area (Å²) in [6.45, 7) is -1.19. The monoisotopic (exact) mass is 273 g/mol. The highest BCUT2D eigenvalue weighted by Gasteiger charge is 2.22. The second-order valence-corrected chi connectivity index (χ2v) is 5.98. The maximum absolute atomic E-state index is 11.2. The van der Waals surface area contributed by atoms with Crippen molar-refractivity contribution in [3.8, 4) is 0 Å². The van der Waals surface area contributed by atoms with E-state index in [-0.39, 0.29) is 6.54 Å². The van der Waals surface area contributed by atoms with E-state index >= 15 is 0 Å². The highest BCUT2D eigenvalue weighted by molar-refractivity contribution is 7.45. The molecule has 9 heteroatoms. The Balaban J connectivity index is 4.12. The van der Waals surface area contributed by atoms with E-state index < -0.39 is 33.4 Å². The van der Waals surface area contributed by atoms with Crippen LogP contribution in [-0.2, 0) is 13.6 Å². The first-order valence-electron chi connectivity index (χ1n) is 4.97. The van der Waals surface area contributed by atoms with Crippen LogP contribution in [0.15, 0.2) is 0 Å². The summed E-state index contributed by atoms with van der Waals surface area (Å²) in [5, 5.41) is 26.7. The van der Waals surface area contributed by atoms with Gasteiger partial charge in [-0.3, -0.25) is 9.09 Å². The third-order valence-corrected chi connectivity index (χ3v) is 2.56. The Morgan fingerprint density at radius 1 is 1.35 bits per heavy atom. The number of likely N-dealkylation sites (N-methyl/N-ethyl adjacent to an activating group) is 1. The molecule has 0 aromatic rings. The molecule has 8 nitrogen and oxygen atoms in total. The zero-order valence-corrected chi connectivity index (χ0v) is 11.0. The fourth-order valence-electron chi connectivity index (χ4n) is 0.911. The molecule has 0 fully saturated rings. The molecule has 0 rings (SSSR count). The number of nitrogens with zero attached hydrogens (tertiary/aromatic N) is 1. The summed E-state index contributed by atoms with van der Waals surface area (Å²) in [4.78, 5) is 11.2. The molecule has 17 heavy (non-hydrogen) atoms. The molecule has 0 bridgehead atoms. The number of aliphatic hydroxyl groups is 3. The van der Waals surface area contributed by atoms with E-state index in [0.717, 1.165) is 0 Å². The molecule has 104 valence electrons. The predicted octanol–water partition coefficient (Wildman–Crippen LogP) is -2.13. The Bertz CT molecular complexity index is 267. The molecule has 0 aliphatic carbocycles. The van der Waals surface area contributed by atoms with Gasteiger partial charge in [-0.15, -0.1) is 0 Å². The lowest BCUT2D eigenvalue weighted by Gasteiger charge is -2.30. The number of phosphoric acid groups is 1. The van der Waals surface area contributed by atoms with Crippen LogP contribution in [0.4, 0.5) is 0 Å². The van der Waals surface area contributed by atoms with Crippen LogP contribution in [0.1, 0.15) is 0 Å². The standard InChI is InChI=1S/C8H20NO7P/c1-9(2,3)4-8(12)16-17(13,14)15-6-7(11)5-10/h7-8,10-12H,4-6H2,1-3H3/t7-,8?/m1/s1. The van der Waals surface area contributed by atoms with Crippen molar-refractivity contribution in [2.75, 3.05) is 40.9 Å². The molecule has 0 amide bonds. The lowest BCUT2D eigenvalue weighted by atomic mass is 10.4. The molecule has 3 N–H and O–H groups in total. The molecular weight excluding hydrogens is 253 g/mol. The van der Waals surface area contributed by atoms with Gasteiger partial charge in [0, 0.05) is 0 Å². The van der Waals surface area contributed by atoms with Gasteiger partial charge in [-0.25, -0.2) is 0 Å². The third-order valence-electron chi connectivity index (χ3n) is 1.59. The van der Waals surface area contributed by atoms with Gasteiger partial charge in [0.1, 0.15) is 12.6 Å². The third kappa shape index (κ3) is 9.63. The van der Waals surface area contributed by atoms with Gasteiger partial charge in [0.25, 0.3) is 7.82 Å². The van der Waals surface area contributed by atoms with Gasteiger partial charge < -0.3 is 29.2 Å². The SMILES string of the molecule is C[N+](C)(C)CC(O)OP(=O)([O-])OC[C@H](O)CO. The number of hydrogen-bond donors (Lipinski definition) is 3. The maximum Gasteiger partial charge on any atom is 0.270 e. The van der Waals surface area contributed by atoms with E-state index in [1.807, 2.05) is 0 Å². The van der Waals surface area contributed by atoms with Crippen LogP contribution in [0.5, 0.6) is 0 Å². The molecule has 0 spiro atoms. The number of quaternary nitrogens is 1. The number of aliphatic hydroxyl groups excluding tert-OH is 3. The first-order chi connectivity index (χ1) is 7.56. The lowest BCUT2D eigenvalue weighted by Crippen LogP contribution is -2.42. The van der Waals surface area contributed by atoms with E-state index in [9.17, 15) is 14.6 Å². The predicted molar refractivity (Wildman–Crippen MR) is 56.6 cm³/mol. The summed E-state index contributed by atoms with van der Waals surface area (Å²) in [6, 6.07) is 0. The van der Waals surface area contributed by atoms with Crippen molar-refractivity contribution in [2.45, 2.75) is 12.4 Å². The normalized spacial score (nSPS) is 19.7. The van der Waals surface area contributed by atoms with Crippen molar-refractivity contribution in [3.05, 3.63) is 0 Å². The van der Waals surface area contributed by atoms with Crippen molar-refractivity contribution < 1.29 is 38.3 Å².